The maximum absolute atomic E-state index is 12.4. The smallest absolute Gasteiger partial charge is 0.276 e. The van der Waals surface area contributed by atoms with Crippen LogP contribution in [-0.2, 0) is 18.3 Å². The van der Waals surface area contributed by atoms with E-state index >= 15 is 0 Å². The van der Waals surface area contributed by atoms with Gasteiger partial charge in [-0.2, -0.15) is 0 Å². The molecule has 0 spiro atoms. The van der Waals surface area contributed by atoms with E-state index in [1.54, 1.807) is 7.05 Å². The van der Waals surface area contributed by atoms with Crippen molar-refractivity contribution in [3.8, 4) is 0 Å². The minimum absolute atomic E-state index is 0.0678. The molecular formula is C19H28N4O2. The first-order chi connectivity index (χ1) is 11.9. The largest absolute Gasteiger partial charge is 0.353 e. The van der Waals surface area contributed by atoms with Gasteiger partial charge in [0.05, 0.1) is 5.39 Å². The van der Waals surface area contributed by atoms with E-state index < -0.39 is 0 Å². The van der Waals surface area contributed by atoms with Crippen molar-refractivity contribution in [1.29, 1.82) is 0 Å². The van der Waals surface area contributed by atoms with Gasteiger partial charge in [-0.1, -0.05) is 19.8 Å². The zero-order valence-electron chi connectivity index (χ0n) is 15.6. The first-order valence-corrected chi connectivity index (χ1v) is 9.22. The summed E-state index contributed by atoms with van der Waals surface area (Å²) in [7, 11) is 1.69. The Morgan fingerprint density at radius 1 is 1.32 bits per heavy atom. The molecule has 25 heavy (non-hydrogen) atoms. The van der Waals surface area contributed by atoms with Crippen molar-refractivity contribution in [1.82, 2.24) is 20.1 Å². The Kier molecular flexibility index (Phi) is 4.97. The molecule has 0 saturated heterocycles. The number of rotatable bonds is 4. The van der Waals surface area contributed by atoms with Crippen molar-refractivity contribution in [2.75, 3.05) is 0 Å². The first-order valence-electron chi connectivity index (χ1n) is 9.22. The zero-order valence-corrected chi connectivity index (χ0v) is 15.6. The number of aromatic amines is 1. The summed E-state index contributed by atoms with van der Waals surface area (Å²) in [5, 5.41) is 6.80. The fourth-order valence-electron chi connectivity index (χ4n) is 4.03. The second-order valence-corrected chi connectivity index (χ2v) is 7.44. The van der Waals surface area contributed by atoms with Crippen molar-refractivity contribution in [3.63, 3.8) is 0 Å². The Morgan fingerprint density at radius 3 is 2.76 bits per heavy atom. The van der Waals surface area contributed by atoms with E-state index in [0.29, 0.717) is 35.8 Å². The molecule has 2 atom stereocenters. The van der Waals surface area contributed by atoms with Gasteiger partial charge in [0.2, 0.25) is 5.91 Å². The fourth-order valence-corrected chi connectivity index (χ4v) is 4.03. The van der Waals surface area contributed by atoms with Crippen LogP contribution < -0.4 is 10.9 Å². The number of carbonyl (C=O) groups is 1. The van der Waals surface area contributed by atoms with Crippen LogP contribution >= 0.6 is 0 Å². The number of fused-ring (bicyclic) bond motifs is 1. The quantitative estimate of drug-likeness (QED) is 0.894. The van der Waals surface area contributed by atoms with Gasteiger partial charge in [0, 0.05) is 25.2 Å². The number of carbonyl (C=O) groups excluding carboxylic acids is 1. The molecule has 6 heteroatoms. The first kappa shape index (κ1) is 17.7. The molecule has 0 unspecified atom stereocenters. The highest BCUT2D eigenvalue weighted by molar-refractivity contribution is 5.80. The van der Waals surface area contributed by atoms with E-state index in [-0.39, 0.29) is 11.5 Å². The van der Waals surface area contributed by atoms with Gasteiger partial charge in [0.1, 0.15) is 0 Å². The van der Waals surface area contributed by atoms with Crippen LogP contribution in [0.5, 0.6) is 0 Å². The molecule has 2 heterocycles. The fraction of sp³-hybridized carbons (Fsp3) is 0.632. The molecule has 2 aromatic rings. The minimum Gasteiger partial charge on any atom is -0.353 e. The van der Waals surface area contributed by atoms with Crippen LogP contribution in [0.4, 0.5) is 0 Å². The van der Waals surface area contributed by atoms with E-state index in [0.717, 1.165) is 23.2 Å². The van der Waals surface area contributed by atoms with Crippen molar-refractivity contribution < 1.29 is 4.79 Å². The summed E-state index contributed by atoms with van der Waals surface area (Å²) in [5.41, 5.74) is 3.37. The van der Waals surface area contributed by atoms with Gasteiger partial charge in [0.15, 0.2) is 5.65 Å². The molecular weight excluding hydrogens is 316 g/mol. The number of aromatic nitrogens is 3. The van der Waals surface area contributed by atoms with Crippen LogP contribution in [0.2, 0.25) is 0 Å². The van der Waals surface area contributed by atoms with E-state index in [1.165, 1.54) is 23.9 Å². The average molecular weight is 344 g/mol. The van der Waals surface area contributed by atoms with Gasteiger partial charge in [0.25, 0.3) is 5.56 Å². The molecule has 6 nitrogen and oxygen atoms in total. The molecule has 1 aliphatic carbocycles. The second kappa shape index (κ2) is 7.02. The molecule has 2 aromatic heterocycles. The van der Waals surface area contributed by atoms with Crippen LogP contribution in [0.1, 0.15) is 55.8 Å². The molecule has 0 aromatic carbocycles. The average Bonchev–Trinajstić information content (AvgIpc) is 2.83. The number of pyridine rings is 1. The van der Waals surface area contributed by atoms with Crippen molar-refractivity contribution in [2.45, 2.75) is 65.3 Å². The van der Waals surface area contributed by atoms with E-state index in [9.17, 15) is 9.59 Å². The predicted molar refractivity (Wildman–Crippen MR) is 98.7 cm³/mol. The van der Waals surface area contributed by atoms with Gasteiger partial charge in [-0.05, 0) is 50.2 Å². The van der Waals surface area contributed by atoms with Crippen LogP contribution in [0, 0.1) is 19.8 Å². The summed E-state index contributed by atoms with van der Waals surface area (Å²) >= 11 is 0. The number of aryl methyl sites for hydroxylation is 3. The normalized spacial score (nSPS) is 20.8. The maximum Gasteiger partial charge on any atom is 0.276 e. The number of nitrogens with zero attached hydrogens (tertiary/aromatic N) is 2. The number of hydrogen-bond acceptors (Lipinski definition) is 3. The Hall–Kier alpha value is -2.11. The molecule has 3 rings (SSSR count). The topological polar surface area (TPSA) is 79.8 Å². The maximum atomic E-state index is 12.4. The van der Waals surface area contributed by atoms with Crippen LogP contribution in [0.25, 0.3) is 11.0 Å². The van der Waals surface area contributed by atoms with Gasteiger partial charge < -0.3 is 5.32 Å². The van der Waals surface area contributed by atoms with E-state index in [2.05, 4.69) is 22.3 Å². The van der Waals surface area contributed by atoms with Crippen molar-refractivity contribution >= 4 is 16.9 Å². The molecule has 1 amide bonds. The molecule has 0 radical (unpaired) electrons. The Balaban J connectivity index is 1.73. The van der Waals surface area contributed by atoms with Gasteiger partial charge >= 0.3 is 0 Å². The SMILES string of the molecule is Cc1nc2[nH]n(C)c(=O)c2c(C)c1CCC(=O)N[C@H]1CCCC[C@H]1C. The summed E-state index contributed by atoms with van der Waals surface area (Å²) in [6, 6.07) is 0.306. The van der Waals surface area contributed by atoms with Gasteiger partial charge in [-0.15, -0.1) is 0 Å². The number of amides is 1. The Bertz CT molecular complexity index is 849. The molecule has 1 fully saturated rings. The summed E-state index contributed by atoms with van der Waals surface area (Å²) in [6.07, 6.45) is 5.79. The molecule has 136 valence electrons. The standard InChI is InChI=1S/C19H28N4O2/c1-11-7-5-6-8-15(11)21-16(24)10-9-14-12(2)17-18(20-13(14)3)22-23(4)19(17)25/h11,15H,5-10H2,1-4H3,(H,20,22)(H,21,24)/t11-,15+/m1/s1. The van der Waals surface area contributed by atoms with E-state index in [4.69, 9.17) is 0 Å². The summed E-state index contributed by atoms with van der Waals surface area (Å²) in [5.74, 6) is 0.654. The molecule has 0 aliphatic heterocycles. The summed E-state index contributed by atoms with van der Waals surface area (Å²) in [4.78, 5) is 29.2. The number of H-pyrrole nitrogens is 1. The third-order valence-electron chi connectivity index (χ3n) is 5.63. The third kappa shape index (κ3) is 3.48. The third-order valence-corrected chi connectivity index (χ3v) is 5.63. The van der Waals surface area contributed by atoms with Crippen LogP contribution in [0.15, 0.2) is 4.79 Å². The van der Waals surface area contributed by atoms with Crippen molar-refractivity contribution in [2.24, 2.45) is 13.0 Å². The minimum atomic E-state index is -0.0678. The van der Waals surface area contributed by atoms with E-state index in [1.807, 2.05) is 13.8 Å². The second-order valence-electron chi connectivity index (χ2n) is 7.44. The number of hydrogen-bond donors (Lipinski definition) is 2. The molecule has 0 bridgehead atoms. The Labute approximate surface area is 148 Å². The van der Waals surface area contributed by atoms with Gasteiger partial charge in [-0.25, -0.2) is 4.98 Å². The van der Waals surface area contributed by atoms with Gasteiger partial charge in [-0.3, -0.25) is 19.4 Å². The molecule has 1 aliphatic rings. The van der Waals surface area contributed by atoms with Crippen molar-refractivity contribution in [3.05, 3.63) is 27.2 Å². The molecule has 1 saturated carbocycles. The summed E-state index contributed by atoms with van der Waals surface area (Å²) < 4.78 is 1.45. The molecule has 2 N–H and O–H groups in total. The number of nitrogens with one attached hydrogen (secondary N) is 2. The summed E-state index contributed by atoms with van der Waals surface area (Å²) in [6.45, 7) is 6.11. The zero-order chi connectivity index (χ0) is 18.1. The lowest BCUT2D eigenvalue weighted by atomic mass is 9.86. The highest BCUT2D eigenvalue weighted by atomic mass is 16.1. The highest BCUT2D eigenvalue weighted by Gasteiger charge is 2.23. The van der Waals surface area contributed by atoms with Crippen LogP contribution in [0.3, 0.4) is 0 Å². The monoisotopic (exact) mass is 344 g/mol. The predicted octanol–water partition coefficient (Wildman–Crippen LogP) is 2.51. The lowest BCUT2D eigenvalue weighted by Gasteiger charge is -2.29. The lowest BCUT2D eigenvalue weighted by molar-refractivity contribution is -0.122. The van der Waals surface area contributed by atoms with Crippen LogP contribution in [-0.4, -0.2) is 26.7 Å². The Morgan fingerprint density at radius 2 is 2.04 bits per heavy atom. The highest BCUT2D eigenvalue weighted by Crippen LogP contribution is 2.24. The lowest BCUT2D eigenvalue weighted by Crippen LogP contribution is -2.41.